The van der Waals surface area contributed by atoms with Crippen molar-refractivity contribution in [1.29, 1.82) is 0 Å². The Kier molecular flexibility index (Phi) is 7.56. The van der Waals surface area contributed by atoms with Gasteiger partial charge < -0.3 is 20.1 Å². The number of rotatable bonds is 9. The van der Waals surface area contributed by atoms with Crippen molar-refractivity contribution in [3.05, 3.63) is 53.1 Å². The maximum atomic E-state index is 13.5. The first-order valence-electron chi connectivity index (χ1n) is 11.7. The smallest absolute Gasteiger partial charge is 0.273 e. The number of hydrogen-bond acceptors (Lipinski definition) is 4. The molecule has 0 saturated heterocycles. The zero-order chi connectivity index (χ0) is 24.2. The van der Waals surface area contributed by atoms with Crippen molar-refractivity contribution >= 4 is 17.7 Å². The van der Waals surface area contributed by atoms with Gasteiger partial charge in [-0.15, -0.1) is 0 Å². The molecule has 1 aromatic carbocycles. The van der Waals surface area contributed by atoms with Crippen molar-refractivity contribution < 1.29 is 14.4 Å². The molecule has 0 unspecified atom stereocenters. The number of fused-ring (bicyclic) bond motifs is 1. The Hall–Kier alpha value is -3.16. The average Bonchev–Trinajstić information content (AvgIpc) is 3.19. The second kappa shape index (κ2) is 10.2. The van der Waals surface area contributed by atoms with Gasteiger partial charge in [-0.1, -0.05) is 50.6 Å². The van der Waals surface area contributed by atoms with Gasteiger partial charge in [-0.05, 0) is 38.2 Å². The van der Waals surface area contributed by atoms with E-state index in [0.29, 0.717) is 32.0 Å². The van der Waals surface area contributed by atoms with E-state index in [9.17, 15) is 14.4 Å². The van der Waals surface area contributed by atoms with E-state index in [4.69, 9.17) is 0 Å². The topological polar surface area (TPSA) is 96.3 Å². The highest BCUT2D eigenvalue weighted by Gasteiger charge is 2.48. The summed E-state index contributed by atoms with van der Waals surface area (Å²) in [6.07, 6.45) is 3.02. The normalized spacial score (nSPS) is 17.8. The molecule has 1 aliphatic heterocycles. The molecule has 3 rings (SSSR count). The molecule has 33 heavy (non-hydrogen) atoms. The molecule has 3 amide bonds. The molecule has 0 aliphatic carbocycles. The van der Waals surface area contributed by atoms with Gasteiger partial charge in [0.25, 0.3) is 11.8 Å². The Morgan fingerprint density at radius 1 is 1.18 bits per heavy atom. The Balaban J connectivity index is 1.81. The molecule has 0 spiro atoms. The van der Waals surface area contributed by atoms with Crippen molar-refractivity contribution in [2.45, 2.75) is 66.1 Å². The number of carbonyl (C=O) groups excluding carboxylic acids is 3. The van der Waals surface area contributed by atoms with Crippen molar-refractivity contribution in [2.75, 3.05) is 13.1 Å². The van der Waals surface area contributed by atoms with E-state index in [2.05, 4.69) is 29.5 Å². The number of hydrogen-bond donors (Lipinski definition) is 2. The maximum Gasteiger partial charge on any atom is 0.273 e. The number of aromatic nitrogens is 2. The van der Waals surface area contributed by atoms with Crippen LogP contribution in [-0.2, 0) is 17.9 Å². The zero-order valence-corrected chi connectivity index (χ0v) is 20.3. The highest BCUT2D eigenvalue weighted by Crippen LogP contribution is 2.29. The Bertz CT molecular complexity index is 1010. The highest BCUT2D eigenvalue weighted by molar-refractivity contribution is 6.07. The van der Waals surface area contributed by atoms with Crippen LogP contribution >= 0.6 is 0 Å². The van der Waals surface area contributed by atoms with Crippen molar-refractivity contribution in [1.82, 2.24) is 25.1 Å². The lowest BCUT2D eigenvalue weighted by Crippen LogP contribution is -2.64. The predicted octanol–water partition coefficient (Wildman–Crippen LogP) is 2.91. The summed E-state index contributed by atoms with van der Waals surface area (Å²) in [7, 11) is 0. The summed E-state index contributed by atoms with van der Waals surface area (Å²) in [5.41, 5.74) is 1.42. The molecule has 1 aliphatic rings. The Labute approximate surface area is 195 Å². The summed E-state index contributed by atoms with van der Waals surface area (Å²) in [6.45, 7) is 11.5. The SMILES string of the molecule is CCCN1C(=O)c2c(C(=O)NCCC(C)C)ncn2C[C@@]1(C)C(=O)NCc1ccc(C)cc1. The molecule has 8 heteroatoms. The molecule has 1 atom stereocenters. The van der Waals surface area contributed by atoms with E-state index in [0.717, 1.165) is 17.5 Å². The van der Waals surface area contributed by atoms with Gasteiger partial charge in [-0.2, -0.15) is 0 Å². The first-order chi connectivity index (χ1) is 15.7. The Morgan fingerprint density at radius 3 is 2.52 bits per heavy atom. The number of nitrogens with zero attached hydrogens (tertiary/aromatic N) is 3. The van der Waals surface area contributed by atoms with Crippen LogP contribution in [0.25, 0.3) is 0 Å². The van der Waals surface area contributed by atoms with E-state index < -0.39 is 5.54 Å². The van der Waals surface area contributed by atoms with Crippen LogP contribution in [-0.4, -0.2) is 50.8 Å². The molecular formula is C25H35N5O3. The number of nitrogens with one attached hydrogen (secondary N) is 2. The van der Waals surface area contributed by atoms with E-state index in [1.54, 1.807) is 16.4 Å². The van der Waals surface area contributed by atoms with E-state index in [-0.39, 0.29) is 35.7 Å². The van der Waals surface area contributed by atoms with Gasteiger partial charge in [0.05, 0.1) is 12.9 Å². The Morgan fingerprint density at radius 2 is 1.88 bits per heavy atom. The van der Waals surface area contributed by atoms with E-state index >= 15 is 0 Å². The van der Waals surface area contributed by atoms with Crippen LogP contribution in [0.15, 0.2) is 30.6 Å². The number of amides is 3. The summed E-state index contributed by atoms with van der Waals surface area (Å²) in [4.78, 5) is 45.4. The highest BCUT2D eigenvalue weighted by atomic mass is 16.2. The predicted molar refractivity (Wildman–Crippen MR) is 127 cm³/mol. The fourth-order valence-corrected chi connectivity index (χ4v) is 4.06. The fourth-order valence-electron chi connectivity index (χ4n) is 4.06. The van der Waals surface area contributed by atoms with Crippen molar-refractivity contribution in [3.63, 3.8) is 0 Å². The van der Waals surface area contributed by atoms with Gasteiger partial charge in [0.2, 0.25) is 5.91 Å². The third-order valence-corrected chi connectivity index (χ3v) is 6.09. The average molecular weight is 454 g/mol. The van der Waals surface area contributed by atoms with Gasteiger partial charge >= 0.3 is 0 Å². The summed E-state index contributed by atoms with van der Waals surface area (Å²) >= 11 is 0. The summed E-state index contributed by atoms with van der Waals surface area (Å²) in [5.74, 6) is -0.474. The van der Waals surface area contributed by atoms with Gasteiger partial charge in [0, 0.05) is 19.6 Å². The third-order valence-electron chi connectivity index (χ3n) is 6.09. The standard InChI is InChI=1S/C25H35N5O3/c1-6-13-30-23(32)21-20(22(31)26-12-11-17(2)3)28-16-29(21)15-25(30,5)24(33)27-14-19-9-7-18(4)8-10-19/h7-10,16-17H,6,11-15H2,1-5H3,(H,26,31)(H,27,33)/t25-/m0/s1. The number of aryl methyl sites for hydroxylation is 1. The number of benzene rings is 1. The minimum Gasteiger partial charge on any atom is -0.351 e. The molecule has 8 nitrogen and oxygen atoms in total. The molecule has 178 valence electrons. The van der Waals surface area contributed by atoms with Crippen LogP contribution in [0.5, 0.6) is 0 Å². The molecule has 0 fully saturated rings. The third kappa shape index (κ3) is 5.26. The fraction of sp³-hybridized carbons (Fsp3) is 0.520. The van der Waals surface area contributed by atoms with Gasteiger partial charge in [-0.25, -0.2) is 4.98 Å². The molecule has 0 bridgehead atoms. The van der Waals surface area contributed by atoms with Crippen LogP contribution in [0.4, 0.5) is 0 Å². The minimum atomic E-state index is -1.09. The monoisotopic (exact) mass is 453 g/mol. The van der Waals surface area contributed by atoms with Gasteiger partial charge in [0.1, 0.15) is 11.2 Å². The lowest BCUT2D eigenvalue weighted by atomic mass is 9.93. The lowest BCUT2D eigenvalue weighted by Gasteiger charge is -2.43. The molecule has 1 aromatic heterocycles. The van der Waals surface area contributed by atoms with Crippen LogP contribution in [0, 0.1) is 12.8 Å². The summed E-state index contributed by atoms with van der Waals surface area (Å²) in [5, 5.41) is 5.85. The minimum absolute atomic E-state index is 0.118. The summed E-state index contributed by atoms with van der Waals surface area (Å²) < 4.78 is 1.64. The lowest BCUT2D eigenvalue weighted by molar-refractivity contribution is -0.133. The summed E-state index contributed by atoms with van der Waals surface area (Å²) in [6, 6.07) is 7.96. The molecule has 2 aromatic rings. The van der Waals surface area contributed by atoms with Crippen LogP contribution in [0.2, 0.25) is 0 Å². The quantitative estimate of drug-likeness (QED) is 0.610. The van der Waals surface area contributed by atoms with E-state index in [1.165, 1.54) is 6.33 Å². The molecule has 2 heterocycles. The van der Waals surface area contributed by atoms with Crippen molar-refractivity contribution in [2.24, 2.45) is 5.92 Å². The molecule has 0 radical (unpaired) electrons. The first kappa shape index (κ1) is 24.5. The van der Waals surface area contributed by atoms with Crippen LogP contribution < -0.4 is 10.6 Å². The maximum absolute atomic E-state index is 13.5. The van der Waals surface area contributed by atoms with E-state index in [1.807, 2.05) is 38.1 Å². The zero-order valence-electron chi connectivity index (χ0n) is 20.3. The first-order valence-corrected chi connectivity index (χ1v) is 11.7. The number of imidazole rings is 1. The second-order valence-corrected chi connectivity index (χ2v) is 9.41. The molecule has 2 N–H and O–H groups in total. The van der Waals surface area contributed by atoms with Crippen LogP contribution in [0.3, 0.4) is 0 Å². The van der Waals surface area contributed by atoms with Gasteiger partial charge in [0.15, 0.2) is 5.69 Å². The number of carbonyl (C=O) groups is 3. The molecular weight excluding hydrogens is 418 g/mol. The van der Waals surface area contributed by atoms with Crippen LogP contribution in [0.1, 0.15) is 72.6 Å². The molecule has 0 saturated carbocycles. The van der Waals surface area contributed by atoms with Gasteiger partial charge in [-0.3, -0.25) is 14.4 Å². The largest absolute Gasteiger partial charge is 0.351 e. The second-order valence-electron chi connectivity index (χ2n) is 9.41. The van der Waals surface area contributed by atoms with Crippen molar-refractivity contribution in [3.8, 4) is 0 Å².